The van der Waals surface area contributed by atoms with E-state index in [4.69, 9.17) is 40.0 Å². The standard InChI is InChI=1S/C30H26ClNO10/c1-37-19-13-11-17(25(39-3)27(19)41-5)29(35)32(22-21(31)23(33)15-9-7-8-10-16(15)24(22)34)30(36)18-12-14-20(38-2)28(42-6)26(18)40-4/h7-14H,1-6H3. The molecule has 0 spiro atoms. The molecule has 0 saturated heterocycles. The van der Waals surface area contributed by atoms with Gasteiger partial charge in [-0.1, -0.05) is 35.9 Å². The third-order valence-electron chi connectivity index (χ3n) is 6.54. The van der Waals surface area contributed by atoms with Gasteiger partial charge in [-0.15, -0.1) is 0 Å². The second kappa shape index (κ2) is 12.2. The van der Waals surface area contributed by atoms with Gasteiger partial charge in [-0.25, -0.2) is 4.90 Å². The lowest BCUT2D eigenvalue weighted by atomic mass is 9.91. The number of ether oxygens (including phenoxy) is 6. The lowest BCUT2D eigenvalue weighted by molar-refractivity contribution is 0.0637. The topological polar surface area (TPSA) is 127 Å². The fourth-order valence-corrected chi connectivity index (χ4v) is 4.88. The number of benzene rings is 3. The molecular formula is C30H26ClNO10. The van der Waals surface area contributed by atoms with Crippen LogP contribution in [0.3, 0.4) is 0 Å². The molecule has 3 aromatic rings. The van der Waals surface area contributed by atoms with Crippen molar-refractivity contribution in [2.45, 2.75) is 0 Å². The molecule has 0 fully saturated rings. The molecule has 1 aliphatic carbocycles. The maximum atomic E-state index is 14.4. The molecular weight excluding hydrogens is 570 g/mol. The molecule has 0 unspecified atom stereocenters. The van der Waals surface area contributed by atoms with Crippen LogP contribution in [0.4, 0.5) is 0 Å². The normalized spacial score (nSPS) is 12.4. The average molecular weight is 596 g/mol. The van der Waals surface area contributed by atoms with E-state index in [1.807, 2.05) is 0 Å². The third kappa shape index (κ3) is 4.77. The number of imide groups is 1. The van der Waals surface area contributed by atoms with Gasteiger partial charge < -0.3 is 28.4 Å². The number of methoxy groups -OCH3 is 6. The van der Waals surface area contributed by atoms with Crippen molar-refractivity contribution in [3.05, 3.63) is 81.5 Å². The molecule has 0 saturated carbocycles. The molecule has 11 nitrogen and oxygen atoms in total. The molecule has 3 aromatic carbocycles. The van der Waals surface area contributed by atoms with Crippen molar-refractivity contribution in [1.82, 2.24) is 4.90 Å². The van der Waals surface area contributed by atoms with Crippen LogP contribution in [0.5, 0.6) is 34.5 Å². The molecule has 12 heteroatoms. The van der Waals surface area contributed by atoms with Crippen LogP contribution >= 0.6 is 11.6 Å². The molecule has 42 heavy (non-hydrogen) atoms. The Morgan fingerprint density at radius 2 is 0.976 bits per heavy atom. The molecule has 0 atom stereocenters. The zero-order valence-electron chi connectivity index (χ0n) is 23.5. The lowest BCUT2D eigenvalue weighted by Crippen LogP contribution is -2.42. The van der Waals surface area contributed by atoms with E-state index in [-0.39, 0.29) is 56.8 Å². The molecule has 1 aliphatic rings. The number of ketones is 2. The first kappa shape index (κ1) is 29.9. The van der Waals surface area contributed by atoms with Crippen LogP contribution in [0.25, 0.3) is 0 Å². The second-order valence-corrected chi connectivity index (χ2v) is 8.95. The Morgan fingerprint density at radius 3 is 1.36 bits per heavy atom. The fraction of sp³-hybridized carbons (Fsp3) is 0.200. The van der Waals surface area contributed by atoms with Gasteiger partial charge in [0.2, 0.25) is 23.1 Å². The quantitative estimate of drug-likeness (QED) is 0.325. The first-order valence-electron chi connectivity index (χ1n) is 12.2. The van der Waals surface area contributed by atoms with Crippen LogP contribution in [0.1, 0.15) is 41.4 Å². The Kier molecular flexibility index (Phi) is 8.72. The van der Waals surface area contributed by atoms with Gasteiger partial charge in [0.1, 0.15) is 10.7 Å². The molecule has 0 radical (unpaired) electrons. The van der Waals surface area contributed by atoms with Gasteiger partial charge in [-0.2, -0.15) is 0 Å². The summed E-state index contributed by atoms with van der Waals surface area (Å²) in [6, 6.07) is 11.4. The van der Waals surface area contributed by atoms with Gasteiger partial charge in [0.25, 0.3) is 11.8 Å². The van der Waals surface area contributed by atoms with Crippen LogP contribution in [0.15, 0.2) is 59.3 Å². The van der Waals surface area contributed by atoms with Crippen molar-refractivity contribution in [3.8, 4) is 34.5 Å². The maximum Gasteiger partial charge on any atom is 0.269 e. The summed E-state index contributed by atoms with van der Waals surface area (Å²) >= 11 is 6.48. The fourth-order valence-electron chi connectivity index (χ4n) is 4.61. The minimum absolute atomic E-state index is 0.0310. The third-order valence-corrected chi connectivity index (χ3v) is 6.89. The van der Waals surface area contributed by atoms with Crippen molar-refractivity contribution >= 4 is 35.0 Å². The summed E-state index contributed by atoms with van der Waals surface area (Å²) in [7, 11) is 8.04. The minimum atomic E-state index is -1.05. The number of Topliss-reactive ketones (excluding diaryl/α,β-unsaturated/α-hetero) is 2. The summed E-state index contributed by atoms with van der Waals surface area (Å²) in [6.07, 6.45) is 0. The van der Waals surface area contributed by atoms with Crippen molar-refractivity contribution < 1.29 is 47.6 Å². The average Bonchev–Trinajstić information content (AvgIpc) is 3.03. The van der Waals surface area contributed by atoms with Gasteiger partial charge in [-0.05, 0) is 24.3 Å². The zero-order valence-corrected chi connectivity index (χ0v) is 24.3. The van der Waals surface area contributed by atoms with E-state index in [2.05, 4.69) is 0 Å². The van der Waals surface area contributed by atoms with Gasteiger partial charge in [0.15, 0.2) is 23.0 Å². The maximum absolute atomic E-state index is 14.4. The van der Waals surface area contributed by atoms with Gasteiger partial charge in [0.05, 0.1) is 53.8 Å². The Hall–Kier alpha value is -5.03. The van der Waals surface area contributed by atoms with Crippen LogP contribution in [-0.2, 0) is 0 Å². The van der Waals surface area contributed by atoms with E-state index in [9.17, 15) is 19.2 Å². The number of hydrogen-bond acceptors (Lipinski definition) is 10. The van der Waals surface area contributed by atoms with Crippen LogP contribution in [-0.4, -0.2) is 70.9 Å². The first-order chi connectivity index (χ1) is 20.2. The van der Waals surface area contributed by atoms with Gasteiger partial charge in [0, 0.05) is 11.1 Å². The van der Waals surface area contributed by atoms with E-state index in [1.54, 1.807) is 12.1 Å². The van der Waals surface area contributed by atoms with Crippen molar-refractivity contribution in [2.75, 3.05) is 42.7 Å². The Labute approximate surface area is 246 Å². The van der Waals surface area contributed by atoms with E-state index >= 15 is 0 Å². The predicted molar refractivity (Wildman–Crippen MR) is 151 cm³/mol. The number of rotatable bonds is 9. The summed E-state index contributed by atoms with van der Waals surface area (Å²) in [5.74, 6) is -3.28. The summed E-state index contributed by atoms with van der Waals surface area (Å²) in [5.41, 5.74) is -1.04. The zero-order chi connectivity index (χ0) is 30.7. The van der Waals surface area contributed by atoms with E-state index in [0.717, 1.165) is 0 Å². The molecule has 0 aromatic heterocycles. The smallest absolute Gasteiger partial charge is 0.269 e. The van der Waals surface area contributed by atoms with E-state index in [0.29, 0.717) is 4.90 Å². The highest BCUT2D eigenvalue weighted by atomic mass is 35.5. The van der Waals surface area contributed by atoms with Crippen molar-refractivity contribution in [2.24, 2.45) is 0 Å². The number of carbonyl (C=O) groups is 4. The monoisotopic (exact) mass is 595 g/mol. The molecule has 0 aliphatic heterocycles. The summed E-state index contributed by atoms with van der Waals surface area (Å²) in [4.78, 5) is 56.4. The molecule has 0 N–H and O–H groups in total. The number of fused-ring (bicyclic) bond motifs is 1. The van der Waals surface area contributed by atoms with Crippen LogP contribution < -0.4 is 28.4 Å². The van der Waals surface area contributed by atoms with E-state index < -0.39 is 34.1 Å². The van der Waals surface area contributed by atoms with Crippen LogP contribution in [0.2, 0.25) is 0 Å². The highest BCUT2D eigenvalue weighted by molar-refractivity contribution is 6.50. The predicted octanol–water partition coefficient (Wildman–Crippen LogP) is 4.55. The van der Waals surface area contributed by atoms with Crippen LogP contribution in [0, 0.1) is 0 Å². The number of nitrogens with zero attached hydrogens (tertiary/aromatic N) is 1. The lowest BCUT2D eigenvalue weighted by Gasteiger charge is -2.28. The Bertz CT molecular complexity index is 1570. The molecule has 4 rings (SSSR count). The number of allylic oxidation sites excluding steroid dienone is 2. The summed E-state index contributed by atoms with van der Waals surface area (Å²) in [5, 5.41) is -0.626. The SMILES string of the molecule is COc1ccc(C(=O)N(C(=O)c2ccc(OC)c(OC)c2OC)C2=C(Cl)C(=O)c3ccccc3C2=O)c(OC)c1OC. The van der Waals surface area contributed by atoms with Crippen molar-refractivity contribution in [3.63, 3.8) is 0 Å². The minimum Gasteiger partial charge on any atom is -0.493 e. The number of carbonyl (C=O) groups excluding carboxylic acids is 4. The van der Waals surface area contributed by atoms with Crippen molar-refractivity contribution in [1.29, 1.82) is 0 Å². The van der Waals surface area contributed by atoms with Gasteiger partial charge >= 0.3 is 0 Å². The highest BCUT2D eigenvalue weighted by Gasteiger charge is 2.42. The summed E-state index contributed by atoms with van der Waals surface area (Å²) < 4.78 is 32.4. The van der Waals surface area contributed by atoms with E-state index in [1.165, 1.54) is 79.1 Å². The summed E-state index contributed by atoms with van der Waals surface area (Å²) in [6.45, 7) is 0. The highest BCUT2D eigenvalue weighted by Crippen LogP contribution is 2.44. The number of halogens is 1. The number of amides is 2. The first-order valence-corrected chi connectivity index (χ1v) is 12.6. The largest absolute Gasteiger partial charge is 0.493 e. The second-order valence-electron chi connectivity index (χ2n) is 8.58. The number of hydrogen-bond donors (Lipinski definition) is 0. The molecule has 0 bridgehead atoms. The van der Waals surface area contributed by atoms with Gasteiger partial charge in [-0.3, -0.25) is 19.2 Å². The Balaban J connectivity index is 2.03. The molecule has 218 valence electrons. The molecule has 2 amide bonds. The Morgan fingerprint density at radius 1 is 0.571 bits per heavy atom. The molecule has 0 heterocycles.